The molecular formula is C11H15N. The maximum Gasteiger partial charge on any atom is 0.0686 e. The van der Waals surface area contributed by atoms with Gasteiger partial charge in [0.05, 0.1) is 5.69 Å². The van der Waals surface area contributed by atoms with Gasteiger partial charge in [0.25, 0.3) is 0 Å². The van der Waals surface area contributed by atoms with Crippen molar-refractivity contribution in [3.05, 3.63) is 28.8 Å². The van der Waals surface area contributed by atoms with Gasteiger partial charge in [-0.25, -0.2) is 0 Å². The first-order valence-electron chi connectivity index (χ1n) is 4.22. The Labute approximate surface area is 74.2 Å². The van der Waals surface area contributed by atoms with Crippen molar-refractivity contribution in [2.24, 2.45) is 4.99 Å². The molecule has 0 spiro atoms. The lowest BCUT2D eigenvalue weighted by Crippen LogP contribution is -1.84. The van der Waals surface area contributed by atoms with Gasteiger partial charge in [0.2, 0.25) is 0 Å². The van der Waals surface area contributed by atoms with Gasteiger partial charge in [-0.3, -0.25) is 4.99 Å². The van der Waals surface area contributed by atoms with Crippen molar-refractivity contribution < 1.29 is 0 Å². The molecule has 0 fully saturated rings. The third kappa shape index (κ3) is 1.55. The highest BCUT2D eigenvalue weighted by molar-refractivity contribution is 5.65. The Morgan fingerprint density at radius 3 is 2.25 bits per heavy atom. The van der Waals surface area contributed by atoms with Gasteiger partial charge in [-0.1, -0.05) is 12.1 Å². The van der Waals surface area contributed by atoms with Crippen molar-refractivity contribution in [3.8, 4) is 0 Å². The van der Waals surface area contributed by atoms with Crippen LogP contribution >= 0.6 is 0 Å². The molecule has 0 N–H and O–H groups in total. The van der Waals surface area contributed by atoms with E-state index >= 15 is 0 Å². The molecule has 1 heteroatoms. The number of nitrogens with zero attached hydrogens (tertiary/aromatic N) is 1. The summed E-state index contributed by atoms with van der Waals surface area (Å²) in [4.78, 5) is 4.34. The number of benzene rings is 1. The molecule has 0 amide bonds. The maximum atomic E-state index is 4.34. The van der Waals surface area contributed by atoms with Gasteiger partial charge in [-0.05, 0) is 44.4 Å². The molecule has 0 aliphatic carbocycles. The molecule has 0 bridgehead atoms. The normalized spacial score (nSPS) is 11.0. The second-order valence-electron chi connectivity index (χ2n) is 3.06. The fraction of sp³-hybridized carbons (Fsp3) is 0.364. The van der Waals surface area contributed by atoms with E-state index in [0.717, 1.165) is 5.69 Å². The molecule has 1 nitrogen and oxygen atoms in total. The topological polar surface area (TPSA) is 12.4 Å². The fourth-order valence-corrected chi connectivity index (χ4v) is 1.26. The molecule has 64 valence electrons. The third-order valence-electron chi connectivity index (χ3n) is 2.16. The molecule has 0 saturated heterocycles. The molecule has 0 aliphatic heterocycles. The first-order chi connectivity index (χ1) is 5.66. The molecule has 0 aliphatic rings. The second kappa shape index (κ2) is 3.53. The Bertz CT molecular complexity index is 311. The summed E-state index contributed by atoms with van der Waals surface area (Å²) in [6.07, 6.45) is 1.84. The molecule has 0 aromatic heterocycles. The molecule has 0 radical (unpaired) electrons. The number of hydrogen-bond acceptors (Lipinski definition) is 1. The summed E-state index contributed by atoms with van der Waals surface area (Å²) >= 11 is 0. The van der Waals surface area contributed by atoms with Gasteiger partial charge < -0.3 is 0 Å². The second-order valence-corrected chi connectivity index (χ2v) is 3.06. The quantitative estimate of drug-likeness (QED) is 0.560. The van der Waals surface area contributed by atoms with Crippen LogP contribution in [0.15, 0.2) is 17.1 Å². The minimum atomic E-state index is 1.12. The SMILES string of the molecule is CC=Nc1c(C)ccc(C)c1C. The van der Waals surface area contributed by atoms with Gasteiger partial charge in [-0.15, -0.1) is 0 Å². The summed E-state index contributed by atoms with van der Waals surface area (Å²) < 4.78 is 0. The van der Waals surface area contributed by atoms with Crippen LogP contribution in [0, 0.1) is 20.8 Å². The van der Waals surface area contributed by atoms with E-state index in [2.05, 4.69) is 37.9 Å². The lowest BCUT2D eigenvalue weighted by molar-refractivity contribution is 1.27. The van der Waals surface area contributed by atoms with Crippen molar-refractivity contribution >= 4 is 11.9 Å². The van der Waals surface area contributed by atoms with E-state index in [-0.39, 0.29) is 0 Å². The van der Waals surface area contributed by atoms with Crippen molar-refractivity contribution in [2.75, 3.05) is 0 Å². The molecule has 12 heavy (non-hydrogen) atoms. The largest absolute Gasteiger partial charge is 0.261 e. The number of rotatable bonds is 1. The summed E-state index contributed by atoms with van der Waals surface area (Å²) in [6, 6.07) is 4.25. The van der Waals surface area contributed by atoms with Crippen LogP contribution in [0.3, 0.4) is 0 Å². The van der Waals surface area contributed by atoms with Gasteiger partial charge in [-0.2, -0.15) is 0 Å². The third-order valence-corrected chi connectivity index (χ3v) is 2.16. The van der Waals surface area contributed by atoms with Gasteiger partial charge >= 0.3 is 0 Å². The van der Waals surface area contributed by atoms with Gasteiger partial charge in [0, 0.05) is 6.21 Å². The summed E-state index contributed by atoms with van der Waals surface area (Å²) in [5, 5.41) is 0. The Morgan fingerprint density at radius 1 is 1.08 bits per heavy atom. The fourth-order valence-electron chi connectivity index (χ4n) is 1.26. The van der Waals surface area contributed by atoms with Crippen molar-refractivity contribution in [1.29, 1.82) is 0 Å². The molecular weight excluding hydrogens is 146 g/mol. The number of aliphatic imine (C=N–C) groups is 1. The Hall–Kier alpha value is -1.11. The molecule has 0 atom stereocenters. The van der Waals surface area contributed by atoms with E-state index in [1.165, 1.54) is 16.7 Å². The summed E-state index contributed by atoms with van der Waals surface area (Å²) in [7, 11) is 0. The predicted molar refractivity (Wildman–Crippen MR) is 54.5 cm³/mol. The zero-order valence-corrected chi connectivity index (χ0v) is 8.18. The standard InChI is InChI=1S/C11H15N/c1-5-12-11-9(3)7-6-8(2)10(11)4/h5-7H,1-4H3. The van der Waals surface area contributed by atoms with Crippen LogP contribution in [-0.2, 0) is 0 Å². The summed E-state index contributed by atoms with van der Waals surface area (Å²) in [6.45, 7) is 8.27. The highest BCUT2D eigenvalue weighted by atomic mass is 14.7. The van der Waals surface area contributed by atoms with Crippen LogP contribution < -0.4 is 0 Å². The minimum absolute atomic E-state index is 1.12. The first kappa shape index (κ1) is 8.98. The van der Waals surface area contributed by atoms with E-state index < -0.39 is 0 Å². The Morgan fingerprint density at radius 2 is 1.67 bits per heavy atom. The van der Waals surface area contributed by atoms with Crippen LogP contribution in [0.4, 0.5) is 5.69 Å². The zero-order valence-electron chi connectivity index (χ0n) is 8.18. The van der Waals surface area contributed by atoms with Crippen LogP contribution in [0.2, 0.25) is 0 Å². The average Bonchev–Trinajstić information content (AvgIpc) is 2.06. The number of aryl methyl sites for hydroxylation is 2. The highest BCUT2D eigenvalue weighted by Gasteiger charge is 2.01. The van der Waals surface area contributed by atoms with E-state index in [4.69, 9.17) is 0 Å². The van der Waals surface area contributed by atoms with E-state index in [0.29, 0.717) is 0 Å². The van der Waals surface area contributed by atoms with Crippen molar-refractivity contribution in [1.82, 2.24) is 0 Å². The average molecular weight is 161 g/mol. The highest BCUT2D eigenvalue weighted by Crippen LogP contribution is 2.25. The molecule has 0 unspecified atom stereocenters. The minimum Gasteiger partial charge on any atom is -0.261 e. The van der Waals surface area contributed by atoms with Crippen molar-refractivity contribution in [3.63, 3.8) is 0 Å². The predicted octanol–water partition coefficient (Wildman–Crippen LogP) is 3.33. The first-order valence-corrected chi connectivity index (χ1v) is 4.22. The van der Waals surface area contributed by atoms with E-state index in [1.807, 2.05) is 13.1 Å². The summed E-state index contributed by atoms with van der Waals surface area (Å²) in [5.41, 5.74) is 4.96. The molecule has 1 aromatic rings. The maximum absolute atomic E-state index is 4.34. The van der Waals surface area contributed by atoms with Crippen LogP contribution in [0.5, 0.6) is 0 Å². The lowest BCUT2D eigenvalue weighted by atomic mass is 10.0. The summed E-state index contributed by atoms with van der Waals surface area (Å²) in [5.74, 6) is 0. The van der Waals surface area contributed by atoms with Gasteiger partial charge in [0.15, 0.2) is 0 Å². The Kier molecular flexibility index (Phi) is 2.64. The monoisotopic (exact) mass is 161 g/mol. The lowest BCUT2D eigenvalue weighted by Gasteiger charge is -2.06. The van der Waals surface area contributed by atoms with Crippen LogP contribution in [0.1, 0.15) is 23.6 Å². The molecule has 1 rings (SSSR count). The van der Waals surface area contributed by atoms with Crippen molar-refractivity contribution in [2.45, 2.75) is 27.7 Å². The smallest absolute Gasteiger partial charge is 0.0686 e. The van der Waals surface area contributed by atoms with Crippen LogP contribution in [0.25, 0.3) is 0 Å². The molecule has 1 aromatic carbocycles. The Balaban J connectivity index is 3.32. The van der Waals surface area contributed by atoms with Gasteiger partial charge in [0.1, 0.15) is 0 Å². The molecule has 0 heterocycles. The molecule has 0 saturated carbocycles. The van der Waals surface area contributed by atoms with E-state index in [9.17, 15) is 0 Å². The zero-order chi connectivity index (χ0) is 9.14. The van der Waals surface area contributed by atoms with Crippen LogP contribution in [-0.4, -0.2) is 6.21 Å². The number of hydrogen-bond donors (Lipinski definition) is 0. The van der Waals surface area contributed by atoms with E-state index in [1.54, 1.807) is 0 Å².